The van der Waals surface area contributed by atoms with Crippen molar-refractivity contribution in [2.45, 2.75) is 39.4 Å². The highest BCUT2D eigenvalue weighted by atomic mass is 32.2. The highest BCUT2D eigenvalue weighted by molar-refractivity contribution is 7.98. The van der Waals surface area contributed by atoms with E-state index in [9.17, 15) is 14.7 Å². The van der Waals surface area contributed by atoms with Crippen LogP contribution in [0.25, 0.3) is 11.1 Å². The number of carbonyl (C=O) groups is 2. The van der Waals surface area contributed by atoms with Crippen molar-refractivity contribution in [1.82, 2.24) is 5.32 Å². The third-order valence-electron chi connectivity index (χ3n) is 6.69. The van der Waals surface area contributed by atoms with Gasteiger partial charge in [0.2, 0.25) is 0 Å². The molecule has 0 aliphatic heterocycles. The summed E-state index contributed by atoms with van der Waals surface area (Å²) in [6.07, 6.45) is 2.29. The first-order chi connectivity index (χ1) is 18.9. The van der Waals surface area contributed by atoms with Gasteiger partial charge in [-0.2, -0.15) is 11.8 Å². The lowest BCUT2D eigenvalue weighted by Gasteiger charge is -2.25. The molecule has 4 rings (SSSR count). The monoisotopic (exact) mass is 558 g/mol. The number of carboxylic acids is 1. The molecule has 0 aliphatic carbocycles. The zero-order valence-corrected chi connectivity index (χ0v) is 24.1. The number of amides is 1. The van der Waals surface area contributed by atoms with E-state index in [0.717, 1.165) is 28.8 Å². The molecule has 0 fully saturated rings. The van der Waals surface area contributed by atoms with Crippen molar-refractivity contribution >= 4 is 40.0 Å². The average Bonchev–Trinajstić information content (AvgIpc) is 3.37. The van der Waals surface area contributed by atoms with Crippen LogP contribution >= 0.6 is 23.1 Å². The number of carbonyl (C=O) groups excluding carboxylic acids is 1. The van der Waals surface area contributed by atoms with Gasteiger partial charge in [0.25, 0.3) is 5.91 Å². The summed E-state index contributed by atoms with van der Waals surface area (Å²) in [5, 5.41) is 15.8. The van der Waals surface area contributed by atoms with Crippen molar-refractivity contribution < 1.29 is 14.7 Å². The van der Waals surface area contributed by atoms with Gasteiger partial charge in [0.05, 0.1) is 5.00 Å². The summed E-state index contributed by atoms with van der Waals surface area (Å²) in [5.41, 5.74) is 6.83. The Morgan fingerprint density at radius 3 is 2.28 bits per heavy atom. The maximum Gasteiger partial charge on any atom is 0.326 e. The number of benzene rings is 3. The SMILES string of the molecule is CSCCC(NC(=O)c1ccc(CN(Cc2ccccc2)c2sccc2C)cc1-c1ccccc1C)C(=O)O. The number of aryl methyl sites for hydroxylation is 2. The largest absolute Gasteiger partial charge is 0.480 e. The number of hydrogen-bond donors (Lipinski definition) is 2. The first-order valence-electron chi connectivity index (χ1n) is 12.9. The first kappa shape index (κ1) is 28.5. The molecular weight excluding hydrogens is 524 g/mol. The molecule has 3 aromatic carbocycles. The van der Waals surface area contributed by atoms with Gasteiger partial charge in [0.15, 0.2) is 0 Å². The summed E-state index contributed by atoms with van der Waals surface area (Å²) in [5.74, 6) is -0.738. The lowest BCUT2D eigenvalue weighted by atomic mass is 9.93. The van der Waals surface area contributed by atoms with Gasteiger partial charge in [-0.25, -0.2) is 4.79 Å². The van der Waals surface area contributed by atoms with Crippen LogP contribution in [0.15, 0.2) is 84.2 Å². The molecular formula is C32H34N2O3S2. The van der Waals surface area contributed by atoms with Gasteiger partial charge >= 0.3 is 5.97 Å². The molecule has 1 atom stereocenters. The van der Waals surface area contributed by atoms with Gasteiger partial charge in [-0.3, -0.25) is 4.79 Å². The average molecular weight is 559 g/mol. The number of anilines is 1. The normalized spacial score (nSPS) is 11.7. The molecule has 4 aromatic rings. The molecule has 1 aromatic heterocycles. The van der Waals surface area contributed by atoms with Crippen molar-refractivity contribution in [3.05, 3.63) is 112 Å². The number of thioether (sulfide) groups is 1. The summed E-state index contributed by atoms with van der Waals surface area (Å²) in [7, 11) is 0. The molecule has 1 unspecified atom stereocenters. The Hall–Kier alpha value is -3.55. The standard InChI is InChI=1S/C32H34N2O3S2/c1-22-9-7-8-12-26(22)28-19-25(13-14-27(28)30(35)33-29(32(36)37)16-17-38-3)21-34(31-23(2)15-18-39-31)20-24-10-5-4-6-11-24/h4-15,18-19,29H,16-17,20-21H2,1-3H3,(H,33,35)(H,36,37). The van der Waals surface area contributed by atoms with Crippen LogP contribution in [0.4, 0.5) is 5.00 Å². The topological polar surface area (TPSA) is 69.6 Å². The van der Waals surface area contributed by atoms with E-state index in [1.807, 2.05) is 55.6 Å². The number of rotatable bonds is 12. The van der Waals surface area contributed by atoms with Crippen molar-refractivity contribution in [3.63, 3.8) is 0 Å². The number of aliphatic carboxylic acids is 1. The summed E-state index contributed by atoms with van der Waals surface area (Å²) in [6, 6.07) is 25.5. The maximum atomic E-state index is 13.4. The van der Waals surface area contributed by atoms with Crippen LogP contribution in [0.5, 0.6) is 0 Å². The zero-order valence-electron chi connectivity index (χ0n) is 22.5. The van der Waals surface area contributed by atoms with E-state index in [1.165, 1.54) is 16.1 Å². The van der Waals surface area contributed by atoms with Gasteiger partial charge in [0.1, 0.15) is 6.04 Å². The molecule has 0 saturated carbocycles. The molecule has 0 radical (unpaired) electrons. The lowest BCUT2D eigenvalue weighted by Crippen LogP contribution is -2.41. The minimum atomic E-state index is -1.02. The Labute approximate surface area is 238 Å². The van der Waals surface area contributed by atoms with Gasteiger partial charge in [-0.15, -0.1) is 11.3 Å². The number of nitrogens with zero attached hydrogens (tertiary/aromatic N) is 1. The molecule has 1 amide bonds. The number of nitrogens with one attached hydrogen (secondary N) is 1. The third-order valence-corrected chi connectivity index (χ3v) is 8.41. The van der Waals surface area contributed by atoms with E-state index in [1.54, 1.807) is 23.1 Å². The van der Waals surface area contributed by atoms with Crippen molar-refractivity contribution in [2.24, 2.45) is 0 Å². The molecule has 1 heterocycles. The van der Waals surface area contributed by atoms with Gasteiger partial charge < -0.3 is 15.3 Å². The smallest absolute Gasteiger partial charge is 0.326 e. The molecule has 0 aliphatic rings. The van der Waals surface area contributed by atoms with Crippen LogP contribution in [0.1, 0.15) is 39.0 Å². The molecule has 0 spiro atoms. The van der Waals surface area contributed by atoms with Crippen molar-refractivity contribution in [3.8, 4) is 11.1 Å². The Kier molecular flexibility index (Phi) is 9.85. The van der Waals surface area contributed by atoms with E-state index in [2.05, 4.69) is 58.9 Å². The summed E-state index contributed by atoms with van der Waals surface area (Å²) >= 11 is 3.29. The second-order valence-corrected chi connectivity index (χ2v) is 11.5. The Morgan fingerprint density at radius 1 is 0.897 bits per heavy atom. The fourth-order valence-electron chi connectivity index (χ4n) is 4.63. The Morgan fingerprint density at radius 2 is 1.62 bits per heavy atom. The molecule has 202 valence electrons. The zero-order chi connectivity index (χ0) is 27.8. The Bertz CT molecular complexity index is 1420. The van der Waals surface area contributed by atoms with Crippen molar-refractivity contribution in [2.75, 3.05) is 16.9 Å². The number of carboxylic acid groups (broad SMARTS) is 1. The van der Waals surface area contributed by atoms with Crippen molar-refractivity contribution in [1.29, 1.82) is 0 Å². The second kappa shape index (κ2) is 13.5. The summed E-state index contributed by atoms with van der Waals surface area (Å²) in [4.78, 5) is 27.6. The molecule has 7 heteroatoms. The molecule has 0 bridgehead atoms. The van der Waals surface area contributed by atoms with E-state index >= 15 is 0 Å². The second-order valence-electron chi connectivity index (χ2n) is 9.59. The fraction of sp³-hybridized carbons (Fsp3) is 0.250. The highest BCUT2D eigenvalue weighted by Crippen LogP contribution is 2.32. The van der Waals surface area contributed by atoms with Crippen LogP contribution in [-0.2, 0) is 17.9 Å². The number of thiophene rings is 1. The number of hydrogen-bond acceptors (Lipinski definition) is 5. The summed E-state index contributed by atoms with van der Waals surface area (Å²) < 4.78 is 0. The van der Waals surface area contributed by atoms with Crippen LogP contribution in [0.2, 0.25) is 0 Å². The predicted octanol–water partition coefficient (Wildman–Crippen LogP) is 7.17. The lowest BCUT2D eigenvalue weighted by molar-refractivity contribution is -0.139. The van der Waals surface area contributed by atoms with Gasteiger partial charge in [-0.05, 0) is 89.2 Å². The molecule has 2 N–H and O–H groups in total. The van der Waals surface area contributed by atoms with E-state index in [0.29, 0.717) is 24.3 Å². The van der Waals surface area contributed by atoms with Gasteiger partial charge in [-0.1, -0.05) is 60.7 Å². The molecule has 39 heavy (non-hydrogen) atoms. The quantitative estimate of drug-likeness (QED) is 0.193. The van der Waals surface area contributed by atoms with Crippen LogP contribution < -0.4 is 10.2 Å². The first-order valence-corrected chi connectivity index (χ1v) is 15.2. The highest BCUT2D eigenvalue weighted by Gasteiger charge is 2.23. The summed E-state index contributed by atoms with van der Waals surface area (Å²) in [6.45, 7) is 5.59. The fourth-order valence-corrected chi connectivity index (χ4v) is 6.03. The van der Waals surface area contributed by atoms with Crippen LogP contribution in [-0.4, -0.2) is 35.0 Å². The third kappa shape index (κ3) is 7.31. The van der Waals surface area contributed by atoms with E-state index in [-0.39, 0.29) is 5.91 Å². The van der Waals surface area contributed by atoms with E-state index in [4.69, 9.17) is 0 Å². The van der Waals surface area contributed by atoms with E-state index < -0.39 is 12.0 Å². The van der Waals surface area contributed by atoms with Crippen LogP contribution in [0, 0.1) is 13.8 Å². The van der Waals surface area contributed by atoms with Gasteiger partial charge in [0, 0.05) is 18.7 Å². The van der Waals surface area contributed by atoms with Crippen LogP contribution in [0.3, 0.4) is 0 Å². The minimum Gasteiger partial charge on any atom is -0.480 e. The molecule has 5 nitrogen and oxygen atoms in total. The predicted molar refractivity (Wildman–Crippen MR) is 164 cm³/mol. The molecule has 0 saturated heterocycles. The maximum absolute atomic E-state index is 13.4. The minimum absolute atomic E-state index is 0.370. The Balaban J connectivity index is 1.71.